The van der Waals surface area contributed by atoms with E-state index in [0.717, 1.165) is 13.1 Å². The summed E-state index contributed by atoms with van der Waals surface area (Å²) in [5.41, 5.74) is 2.49. The Labute approximate surface area is 93.1 Å². The average molecular weight is 201 g/mol. The van der Waals surface area contributed by atoms with Crippen molar-refractivity contribution in [1.29, 1.82) is 0 Å². The second kappa shape index (κ2) is 5.46. The van der Waals surface area contributed by atoms with Crippen LogP contribution in [0.25, 0.3) is 0 Å². The standard InChI is InChI=1S/C14H19N/c1-5-12(4)13-8-10-14(11-9-13)15(6-2)7-3/h1,8-12H,6-7H2,2-4H3. The van der Waals surface area contributed by atoms with E-state index in [0.29, 0.717) is 0 Å². The van der Waals surface area contributed by atoms with Gasteiger partial charge in [0.05, 0.1) is 0 Å². The smallest absolute Gasteiger partial charge is 0.0421 e. The average Bonchev–Trinajstić information content (AvgIpc) is 2.30. The van der Waals surface area contributed by atoms with E-state index in [1.165, 1.54) is 11.3 Å². The number of benzene rings is 1. The summed E-state index contributed by atoms with van der Waals surface area (Å²) in [4.78, 5) is 2.32. The molecule has 0 aliphatic heterocycles. The summed E-state index contributed by atoms with van der Waals surface area (Å²) < 4.78 is 0. The molecule has 0 aliphatic carbocycles. The van der Waals surface area contributed by atoms with Crippen LogP contribution in [-0.4, -0.2) is 13.1 Å². The van der Waals surface area contributed by atoms with Crippen LogP contribution in [0.3, 0.4) is 0 Å². The first-order chi connectivity index (χ1) is 7.22. The Balaban J connectivity index is 2.85. The zero-order chi connectivity index (χ0) is 11.3. The van der Waals surface area contributed by atoms with Gasteiger partial charge in [0.25, 0.3) is 0 Å². The quantitative estimate of drug-likeness (QED) is 0.676. The van der Waals surface area contributed by atoms with Crippen LogP contribution in [0.15, 0.2) is 24.3 Å². The van der Waals surface area contributed by atoms with Crippen molar-refractivity contribution in [3.8, 4) is 12.3 Å². The number of hydrogen-bond acceptors (Lipinski definition) is 1. The molecular formula is C14H19N. The van der Waals surface area contributed by atoms with E-state index in [-0.39, 0.29) is 5.92 Å². The molecule has 1 unspecified atom stereocenters. The highest BCUT2D eigenvalue weighted by molar-refractivity contribution is 5.48. The maximum Gasteiger partial charge on any atom is 0.0421 e. The molecule has 0 heterocycles. The van der Waals surface area contributed by atoms with Crippen LogP contribution in [0, 0.1) is 12.3 Å². The molecule has 0 saturated heterocycles. The van der Waals surface area contributed by atoms with Gasteiger partial charge in [-0.3, -0.25) is 0 Å². The highest BCUT2D eigenvalue weighted by atomic mass is 15.1. The molecule has 0 spiro atoms. The van der Waals surface area contributed by atoms with E-state index in [4.69, 9.17) is 6.42 Å². The van der Waals surface area contributed by atoms with Crippen LogP contribution in [0.1, 0.15) is 32.3 Å². The van der Waals surface area contributed by atoms with Crippen LogP contribution >= 0.6 is 0 Å². The third kappa shape index (κ3) is 2.76. The Morgan fingerprint density at radius 2 is 1.73 bits per heavy atom. The maximum absolute atomic E-state index is 5.39. The lowest BCUT2D eigenvalue weighted by Gasteiger charge is -2.21. The molecule has 1 atom stereocenters. The maximum atomic E-state index is 5.39. The van der Waals surface area contributed by atoms with Crippen molar-refractivity contribution in [2.45, 2.75) is 26.7 Å². The van der Waals surface area contributed by atoms with E-state index >= 15 is 0 Å². The Bertz CT molecular complexity index is 327. The van der Waals surface area contributed by atoms with E-state index < -0.39 is 0 Å². The van der Waals surface area contributed by atoms with Gasteiger partial charge in [-0.25, -0.2) is 0 Å². The van der Waals surface area contributed by atoms with Gasteiger partial charge in [-0.15, -0.1) is 6.42 Å². The molecule has 0 saturated carbocycles. The first-order valence-corrected chi connectivity index (χ1v) is 5.54. The number of hydrogen-bond donors (Lipinski definition) is 0. The van der Waals surface area contributed by atoms with E-state index in [2.05, 4.69) is 48.9 Å². The Morgan fingerprint density at radius 3 is 2.13 bits per heavy atom. The van der Waals surface area contributed by atoms with Gasteiger partial charge in [0.15, 0.2) is 0 Å². The van der Waals surface area contributed by atoms with Crippen LogP contribution in [-0.2, 0) is 0 Å². The molecular weight excluding hydrogens is 182 g/mol. The summed E-state index contributed by atoms with van der Waals surface area (Å²) in [6, 6.07) is 8.54. The summed E-state index contributed by atoms with van der Waals surface area (Å²) in [5, 5.41) is 0. The van der Waals surface area contributed by atoms with Crippen LogP contribution < -0.4 is 4.90 Å². The van der Waals surface area contributed by atoms with Gasteiger partial charge in [0, 0.05) is 24.7 Å². The Morgan fingerprint density at radius 1 is 1.20 bits per heavy atom. The summed E-state index contributed by atoms with van der Waals surface area (Å²) >= 11 is 0. The summed E-state index contributed by atoms with van der Waals surface area (Å²) in [7, 11) is 0. The highest BCUT2D eigenvalue weighted by Crippen LogP contribution is 2.19. The number of nitrogens with zero attached hydrogens (tertiary/aromatic N) is 1. The summed E-state index contributed by atoms with van der Waals surface area (Å²) in [5.74, 6) is 2.95. The largest absolute Gasteiger partial charge is 0.372 e. The minimum absolute atomic E-state index is 0.204. The minimum Gasteiger partial charge on any atom is -0.372 e. The Hall–Kier alpha value is -1.42. The lowest BCUT2D eigenvalue weighted by Crippen LogP contribution is -2.21. The number of anilines is 1. The second-order valence-corrected chi connectivity index (χ2v) is 3.65. The molecule has 80 valence electrons. The molecule has 0 bridgehead atoms. The zero-order valence-electron chi connectivity index (χ0n) is 9.83. The number of terminal acetylenes is 1. The van der Waals surface area contributed by atoms with Crippen LogP contribution in [0.5, 0.6) is 0 Å². The zero-order valence-corrected chi connectivity index (χ0v) is 9.83. The van der Waals surface area contributed by atoms with Gasteiger partial charge < -0.3 is 4.90 Å². The molecule has 0 N–H and O–H groups in total. The van der Waals surface area contributed by atoms with E-state index in [9.17, 15) is 0 Å². The fraction of sp³-hybridized carbons (Fsp3) is 0.429. The van der Waals surface area contributed by atoms with Crippen molar-refractivity contribution >= 4 is 5.69 Å². The van der Waals surface area contributed by atoms with Crippen LogP contribution in [0.2, 0.25) is 0 Å². The lowest BCUT2D eigenvalue weighted by molar-refractivity contribution is 0.865. The molecule has 0 aromatic heterocycles. The van der Waals surface area contributed by atoms with Gasteiger partial charge in [-0.2, -0.15) is 0 Å². The monoisotopic (exact) mass is 201 g/mol. The molecule has 1 rings (SSSR count). The van der Waals surface area contributed by atoms with Crippen molar-refractivity contribution in [3.63, 3.8) is 0 Å². The van der Waals surface area contributed by atoms with Crippen molar-refractivity contribution in [2.24, 2.45) is 0 Å². The predicted molar refractivity (Wildman–Crippen MR) is 67.3 cm³/mol. The van der Waals surface area contributed by atoms with Crippen molar-refractivity contribution < 1.29 is 0 Å². The van der Waals surface area contributed by atoms with Gasteiger partial charge in [0.1, 0.15) is 0 Å². The topological polar surface area (TPSA) is 3.24 Å². The van der Waals surface area contributed by atoms with Gasteiger partial charge in [0.2, 0.25) is 0 Å². The molecule has 1 aromatic carbocycles. The second-order valence-electron chi connectivity index (χ2n) is 3.65. The SMILES string of the molecule is C#CC(C)c1ccc(N(CC)CC)cc1. The van der Waals surface area contributed by atoms with Crippen molar-refractivity contribution in [1.82, 2.24) is 0 Å². The predicted octanol–water partition coefficient (Wildman–Crippen LogP) is 3.27. The number of rotatable bonds is 4. The molecule has 15 heavy (non-hydrogen) atoms. The third-order valence-electron chi connectivity index (χ3n) is 2.77. The van der Waals surface area contributed by atoms with Crippen molar-refractivity contribution in [2.75, 3.05) is 18.0 Å². The molecule has 0 fully saturated rings. The van der Waals surface area contributed by atoms with E-state index in [1.54, 1.807) is 0 Å². The summed E-state index contributed by atoms with van der Waals surface area (Å²) in [6.07, 6.45) is 5.39. The van der Waals surface area contributed by atoms with Gasteiger partial charge in [-0.05, 0) is 38.5 Å². The molecule has 1 nitrogen and oxygen atoms in total. The Kier molecular flexibility index (Phi) is 4.24. The lowest BCUT2D eigenvalue weighted by atomic mass is 10.0. The van der Waals surface area contributed by atoms with E-state index in [1.807, 2.05) is 6.92 Å². The first-order valence-electron chi connectivity index (χ1n) is 5.54. The minimum atomic E-state index is 0.204. The summed E-state index contributed by atoms with van der Waals surface area (Å²) in [6.45, 7) is 8.47. The first kappa shape index (κ1) is 11.7. The molecule has 1 heteroatoms. The molecule has 0 radical (unpaired) electrons. The third-order valence-corrected chi connectivity index (χ3v) is 2.77. The van der Waals surface area contributed by atoms with Gasteiger partial charge in [-0.1, -0.05) is 18.1 Å². The highest BCUT2D eigenvalue weighted by Gasteiger charge is 2.04. The molecule has 0 amide bonds. The van der Waals surface area contributed by atoms with Gasteiger partial charge >= 0.3 is 0 Å². The molecule has 0 aliphatic rings. The van der Waals surface area contributed by atoms with Crippen molar-refractivity contribution in [3.05, 3.63) is 29.8 Å². The normalized spacial score (nSPS) is 11.9. The van der Waals surface area contributed by atoms with Crippen LogP contribution in [0.4, 0.5) is 5.69 Å². The fourth-order valence-corrected chi connectivity index (χ4v) is 1.66. The molecule has 1 aromatic rings. The fourth-order valence-electron chi connectivity index (χ4n) is 1.66.